The zero-order valence-electron chi connectivity index (χ0n) is 17.4. The predicted molar refractivity (Wildman–Crippen MR) is 111 cm³/mol. The van der Waals surface area contributed by atoms with Gasteiger partial charge in [0, 0.05) is 25.7 Å². The van der Waals surface area contributed by atoms with Gasteiger partial charge in [-0.1, -0.05) is 6.07 Å². The van der Waals surface area contributed by atoms with Gasteiger partial charge in [-0.05, 0) is 37.5 Å². The molecule has 1 aromatic carbocycles. The van der Waals surface area contributed by atoms with Crippen LogP contribution in [0.3, 0.4) is 0 Å². The highest BCUT2D eigenvalue weighted by atomic mass is 16.5. The van der Waals surface area contributed by atoms with Gasteiger partial charge in [-0.3, -0.25) is 0 Å². The Morgan fingerprint density at radius 1 is 1.28 bits per heavy atom. The molecule has 1 aliphatic heterocycles. The lowest BCUT2D eigenvalue weighted by molar-refractivity contribution is 0.111. The predicted octanol–water partition coefficient (Wildman–Crippen LogP) is 1.35. The molecule has 1 aromatic rings. The number of hydrogen-bond acceptors (Lipinski definition) is 6. The summed E-state index contributed by atoms with van der Waals surface area (Å²) >= 11 is 0. The number of nitrogens with zero attached hydrogens (tertiary/aromatic N) is 2. The zero-order chi connectivity index (χ0) is 21.1. The lowest BCUT2D eigenvalue weighted by Crippen LogP contribution is -2.49. The van der Waals surface area contributed by atoms with Crippen LogP contribution in [0.1, 0.15) is 25.3 Å². The van der Waals surface area contributed by atoms with Gasteiger partial charge < -0.3 is 34.9 Å². The van der Waals surface area contributed by atoms with E-state index in [1.54, 1.807) is 12.0 Å². The van der Waals surface area contributed by atoms with Gasteiger partial charge in [0.1, 0.15) is 6.61 Å². The molecular weight excluding hydrogens is 376 g/mol. The molecule has 0 bridgehead atoms. The molecule has 0 unspecified atom stereocenters. The summed E-state index contributed by atoms with van der Waals surface area (Å²) < 4.78 is 15.6. The molecule has 0 atom stereocenters. The number of aliphatic hydroxyl groups is 1. The number of amides is 1. The average molecular weight is 408 g/mol. The molecule has 0 aliphatic carbocycles. The number of carbonyl (C=O) groups is 1. The first kappa shape index (κ1) is 22.6. The summed E-state index contributed by atoms with van der Waals surface area (Å²) in [4.78, 5) is 18.0. The summed E-state index contributed by atoms with van der Waals surface area (Å²) in [6, 6.07) is 5.88. The van der Waals surface area contributed by atoms with Crippen molar-refractivity contribution in [1.82, 2.24) is 15.5 Å². The van der Waals surface area contributed by atoms with Crippen molar-refractivity contribution in [1.29, 1.82) is 0 Å². The number of benzene rings is 1. The van der Waals surface area contributed by atoms with Crippen LogP contribution in [0.2, 0.25) is 0 Å². The van der Waals surface area contributed by atoms with E-state index in [2.05, 4.69) is 15.6 Å². The summed E-state index contributed by atoms with van der Waals surface area (Å²) in [5, 5.41) is 15.6. The van der Waals surface area contributed by atoms with E-state index in [9.17, 15) is 4.79 Å². The van der Waals surface area contributed by atoms with Crippen LogP contribution in [-0.2, 0) is 11.3 Å². The third-order valence-corrected chi connectivity index (χ3v) is 4.61. The van der Waals surface area contributed by atoms with E-state index in [0.29, 0.717) is 31.1 Å². The first-order valence-electron chi connectivity index (χ1n) is 9.89. The number of piperidine rings is 1. The van der Waals surface area contributed by atoms with Gasteiger partial charge in [-0.15, -0.1) is 0 Å². The molecule has 1 amide bonds. The largest absolute Gasteiger partial charge is 0.493 e. The first-order chi connectivity index (χ1) is 14.1. The molecule has 0 saturated carbocycles. The lowest BCUT2D eigenvalue weighted by atomic mass is 10.1. The molecule has 0 aromatic heterocycles. The minimum absolute atomic E-state index is 0.0501. The van der Waals surface area contributed by atoms with Crippen molar-refractivity contribution in [3.05, 3.63) is 23.8 Å². The summed E-state index contributed by atoms with van der Waals surface area (Å²) in [5.41, 5.74) is 0.982. The average Bonchev–Trinajstić information content (AvgIpc) is 2.76. The molecular formula is C20H32N4O5. The van der Waals surface area contributed by atoms with Crippen LogP contribution < -0.4 is 20.1 Å². The monoisotopic (exact) mass is 408 g/mol. The van der Waals surface area contributed by atoms with Crippen LogP contribution >= 0.6 is 0 Å². The Labute approximate surface area is 172 Å². The normalized spacial score (nSPS) is 15.0. The number of nitrogens with one attached hydrogen (secondary N) is 2. The summed E-state index contributed by atoms with van der Waals surface area (Å²) in [6.45, 7) is 4.75. The van der Waals surface area contributed by atoms with Gasteiger partial charge in [0.25, 0.3) is 0 Å². The maximum atomic E-state index is 11.6. The van der Waals surface area contributed by atoms with Crippen molar-refractivity contribution in [3.63, 3.8) is 0 Å². The molecule has 1 fully saturated rings. The molecule has 9 nitrogen and oxygen atoms in total. The standard InChI is InChI=1S/C20H32N4O5/c1-4-21-19(23-16-7-9-24(10-8-16)20(26)28-3)22-14-15-5-6-17(29-12-11-25)18(13-15)27-2/h5-6,13,16,25H,4,7-12,14H2,1-3H3,(H2,21,22,23). The number of methoxy groups -OCH3 is 2. The third kappa shape index (κ3) is 7.01. The van der Waals surface area contributed by atoms with E-state index in [1.165, 1.54) is 7.11 Å². The molecule has 1 aliphatic rings. The van der Waals surface area contributed by atoms with Gasteiger partial charge in [-0.2, -0.15) is 0 Å². The van der Waals surface area contributed by atoms with E-state index >= 15 is 0 Å². The molecule has 162 valence electrons. The number of carbonyl (C=O) groups excluding carboxylic acids is 1. The van der Waals surface area contributed by atoms with E-state index in [1.807, 2.05) is 25.1 Å². The minimum Gasteiger partial charge on any atom is -0.493 e. The van der Waals surface area contributed by atoms with Gasteiger partial charge in [-0.25, -0.2) is 9.79 Å². The molecule has 3 N–H and O–H groups in total. The molecule has 1 heterocycles. The molecule has 0 radical (unpaired) electrons. The first-order valence-corrected chi connectivity index (χ1v) is 9.89. The van der Waals surface area contributed by atoms with Gasteiger partial charge >= 0.3 is 6.09 Å². The van der Waals surface area contributed by atoms with E-state index in [-0.39, 0.29) is 25.3 Å². The molecule has 29 heavy (non-hydrogen) atoms. The molecule has 2 rings (SSSR count). The van der Waals surface area contributed by atoms with Crippen molar-refractivity contribution < 1.29 is 24.1 Å². The second kappa shape index (κ2) is 12.0. The van der Waals surface area contributed by atoms with E-state index in [0.717, 1.165) is 30.9 Å². The SMILES string of the molecule is CCNC(=NCc1ccc(OCCO)c(OC)c1)NC1CCN(C(=O)OC)CC1. The fraction of sp³-hybridized carbons (Fsp3) is 0.600. The van der Waals surface area contributed by atoms with Gasteiger partial charge in [0.15, 0.2) is 17.5 Å². The Hall–Kier alpha value is -2.68. The number of likely N-dealkylation sites (tertiary alicyclic amines) is 1. The lowest BCUT2D eigenvalue weighted by Gasteiger charge is -2.32. The molecule has 1 saturated heterocycles. The van der Waals surface area contributed by atoms with Gasteiger partial charge in [0.2, 0.25) is 0 Å². The van der Waals surface area contributed by atoms with Crippen molar-refractivity contribution in [2.75, 3.05) is 47.1 Å². The zero-order valence-corrected chi connectivity index (χ0v) is 17.4. The van der Waals surface area contributed by atoms with Crippen LogP contribution in [0, 0.1) is 0 Å². The number of ether oxygens (including phenoxy) is 3. The van der Waals surface area contributed by atoms with Crippen LogP contribution in [0.5, 0.6) is 11.5 Å². The number of rotatable bonds is 8. The second-order valence-electron chi connectivity index (χ2n) is 6.63. The highest BCUT2D eigenvalue weighted by Gasteiger charge is 2.23. The quantitative estimate of drug-likeness (QED) is 0.441. The Kier molecular flexibility index (Phi) is 9.36. The van der Waals surface area contributed by atoms with Crippen LogP contribution in [-0.4, -0.2) is 75.2 Å². The number of aliphatic hydroxyl groups excluding tert-OH is 1. The van der Waals surface area contributed by atoms with Crippen molar-refractivity contribution >= 4 is 12.1 Å². The summed E-state index contributed by atoms with van der Waals surface area (Å²) in [7, 11) is 2.99. The number of guanidine groups is 1. The molecule has 0 spiro atoms. The van der Waals surface area contributed by atoms with Crippen molar-refractivity contribution in [2.24, 2.45) is 4.99 Å². The Morgan fingerprint density at radius 2 is 2.03 bits per heavy atom. The van der Waals surface area contributed by atoms with Crippen LogP contribution in [0.25, 0.3) is 0 Å². The molecule has 9 heteroatoms. The summed E-state index contributed by atoms with van der Waals surface area (Å²) in [5.74, 6) is 1.94. The van der Waals surface area contributed by atoms with E-state index < -0.39 is 0 Å². The highest BCUT2D eigenvalue weighted by Crippen LogP contribution is 2.28. The highest BCUT2D eigenvalue weighted by molar-refractivity contribution is 5.80. The maximum Gasteiger partial charge on any atom is 0.409 e. The smallest absolute Gasteiger partial charge is 0.409 e. The van der Waals surface area contributed by atoms with Crippen LogP contribution in [0.15, 0.2) is 23.2 Å². The maximum absolute atomic E-state index is 11.6. The fourth-order valence-corrected chi connectivity index (χ4v) is 3.10. The van der Waals surface area contributed by atoms with Crippen molar-refractivity contribution in [3.8, 4) is 11.5 Å². The Morgan fingerprint density at radius 3 is 2.66 bits per heavy atom. The fourth-order valence-electron chi connectivity index (χ4n) is 3.10. The van der Waals surface area contributed by atoms with Gasteiger partial charge in [0.05, 0.1) is 27.4 Å². The second-order valence-corrected chi connectivity index (χ2v) is 6.63. The van der Waals surface area contributed by atoms with Crippen LogP contribution in [0.4, 0.5) is 4.79 Å². The number of aliphatic imine (C=N–C) groups is 1. The van der Waals surface area contributed by atoms with E-state index in [4.69, 9.17) is 19.3 Å². The number of hydrogen-bond donors (Lipinski definition) is 3. The minimum atomic E-state index is -0.274. The summed E-state index contributed by atoms with van der Waals surface area (Å²) in [6.07, 6.45) is 1.40. The Bertz CT molecular complexity index is 675. The topological polar surface area (TPSA) is 105 Å². The Balaban J connectivity index is 1.96. The third-order valence-electron chi connectivity index (χ3n) is 4.61. The van der Waals surface area contributed by atoms with Crippen molar-refractivity contribution in [2.45, 2.75) is 32.4 Å².